The lowest BCUT2D eigenvalue weighted by Crippen LogP contribution is -2.35. The summed E-state index contributed by atoms with van der Waals surface area (Å²) >= 11 is 0. The summed E-state index contributed by atoms with van der Waals surface area (Å²) in [5, 5.41) is 12.3. The number of aromatic nitrogens is 2. The number of nitrogens with zero attached hydrogens (tertiary/aromatic N) is 3. The second kappa shape index (κ2) is 6.70. The minimum atomic E-state index is 0.306. The second-order valence-corrected chi connectivity index (χ2v) is 5.14. The Kier molecular flexibility index (Phi) is 4.96. The van der Waals surface area contributed by atoms with Crippen molar-refractivity contribution in [1.82, 2.24) is 9.97 Å². The van der Waals surface area contributed by atoms with Crippen LogP contribution in [0.25, 0.3) is 0 Å². The van der Waals surface area contributed by atoms with Crippen molar-refractivity contribution in [2.45, 2.75) is 32.6 Å². The van der Waals surface area contributed by atoms with Crippen LogP contribution in [0.2, 0.25) is 0 Å². The number of aliphatic hydroxyl groups is 1. The molecule has 1 aromatic rings. The van der Waals surface area contributed by atoms with Crippen LogP contribution in [0, 0.1) is 5.92 Å². The molecule has 1 aromatic heterocycles. The van der Waals surface area contributed by atoms with Crippen molar-refractivity contribution in [1.29, 1.82) is 0 Å². The molecule has 19 heavy (non-hydrogen) atoms. The van der Waals surface area contributed by atoms with Crippen molar-refractivity contribution < 1.29 is 5.11 Å². The summed E-state index contributed by atoms with van der Waals surface area (Å²) in [6.07, 6.45) is 4.05. The van der Waals surface area contributed by atoms with E-state index in [1.54, 1.807) is 0 Å². The Bertz CT molecular complexity index is 402. The van der Waals surface area contributed by atoms with Gasteiger partial charge in [0.15, 0.2) is 0 Å². The van der Waals surface area contributed by atoms with Gasteiger partial charge in [-0.3, -0.25) is 0 Å². The molecular weight excluding hydrogens is 240 g/mol. The highest BCUT2D eigenvalue weighted by Gasteiger charge is 2.20. The molecule has 0 atom stereocenters. The largest absolute Gasteiger partial charge is 0.396 e. The number of anilines is 2. The average molecular weight is 264 g/mol. The molecule has 5 nitrogen and oxygen atoms in total. The predicted molar refractivity (Wildman–Crippen MR) is 77.6 cm³/mol. The maximum absolute atomic E-state index is 9.19. The van der Waals surface area contributed by atoms with E-state index in [1.165, 1.54) is 0 Å². The monoisotopic (exact) mass is 264 g/mol. The zero-order valence-corrected chi connectivity index (χ0v) is 11.9. The fourth-order valence-electron chi connectivity index (χ4n) is 2.45. The van der Waals surface area contributed by atoms with Crippen LogP contribution in [-0.4, -0.2) is 41.8 Å². The van der Waals surface area contributed by atoms with Crippen LogP contribution in [-0.2, 0) is 6.42 Å². The Morgan fingerprint density at radius 3 is 2.68 bits per heavy atom. The van der Waals surface area contributed by atoms with E-state index in [9.17, 15) is 5.11 Å². The maximum Gasteiger partial charge on any atom is 0.134 e. The van der Waals surface area contributed by atoms with Crippen molar-refractivity contribution in [3.63, 3.8) is 0 Å². The molecule has 1 aliphatic rings. The van der Waals surface area contributed by atoms with Gasteiger partial charge in [-0.2, -0.15) is 0 Å². The number of aryl methyl sites for hydroxylation is 1. The Balaban J connectivity index is 2.12. The first kappa shape index (κ1) is 14.1. The van der Waals surface area contributed by atoms with Gasteiger partial charge in [0.05, 0.1) is 0 Å². The lowest BCUT2D eigenvalue weighted by molar-refractivity contribution is 0.203. The number of nitrogens with one attached hydrogen (secondary N) is 1. The van der Waals surface area contributed by atoms with Gasteiger partial charge >= 0.3 is 0 Å². The van der Waals surface area contributed by atoms with E-state index in [0.717, 1.165) is 56.2 Å². The van der Waals surface area contributed by atoms with Crippen molar-refractivity contribution in [2.24, 2.45) is 5.92 Å². The molecular formula is C14H24N4O. The van der Waals surface area contributed by atoms with Gasteiger partial charge in [0, 0.05) is 39.2 Å². The van der Waals surface area contributed by atoms with E-state index in [-0.39, 0.29) is 0 Å². The highest BCUT2D eigenvalue weighted by Crippen LogP contribution is 2.23. The fraction of sp³-hybridized carbons (Fsp3) is 0.714. The van der Waals surface area contributed by atoms with Crippen LogP contribution in [0.15, 0.2) is 6.07 Å². The molecule has 2 rings (SSSR count). The quantitative estimate of drug-likeness (QED) is 0.847. The highest BCUT2D eigenvalue weighted by molar-refractivity contribution is 5.49. The summed E-state index contributed by atoms with van der Waals surface area (Å²) in [4.78, 5) is 11.4. The zero-order valence-electron chi connectivity index (χ0n) is 11.9. The molecule has 1 aliphatic heterocycles. The number of hydrogen-bond donors (Lipinski definition) is 2. The van der Waals surface area contributed by atoms with Crippen molar-refractivity contribution in [2.75, 3.05) is 37.0 Å². The predicted octanol–water partition coefficient (Wildman–Crippen LogP) is 1.68. The molecule has 0 amide bonds. The average Bonchev–Trinajstić information content (AvgIpc) is 2.47. The molecule has 0 aliphatic carbocycles. The lowest BCUT2D eigenvalue weighted by atomic mass is 9.98. The van der Waals surface area contributed by atoms with Gasteiger partial charge in [0.25, 0.3) is 0 Å². The zero-order chi connectivity index (χ0) is 13.7. The molecule has 2 heterocycles. The summed E-state index contributed by atoms with van der Waals surface area (Å²) in [5.74, 6) is 3.27. The molecule has 0 spiro atoms. The van der Waals surface area contributed by atoms with Gasteiger partial charge in [-0.05, 0) is 25.2 Å². The Morgan fingerprint density at radius 1 is 1.37 bits per heavy atom. The van der Waals surface area contributed by atoms with Gasteiger partial charge in [-0.15, -0.1) is 0 Å². The summed E-state index contributed by atoms with van der Waals surface area (Å²) < 4.78 is 0. The highest BCUT2D eigenvalue weighted by atomic mass is 16.3. The topological polar surface area (TPSA) is 61.3 Å². The first-order chi connectivity index (χ1) is 9.26. The molecule has 0 radical (unpaired) electrons. The van der Waals surface area contributed by atoms with Crippen molar-refractivity contribution in [3.8, 4) is 0 Å². The lowest BCUT2D eigenvalue weighted by Gasteiger charge is -2.32. The summed E-state index contributed by atoms with van der Waals surface area (Å²) in [5.41, 5.74) is 0. The van der Waals surface area contributed by atoms with Crippen LogP contribution in [0.4, 0.5) is 11.6 Å². The maximum atomic E-state index is 9.19. The first-order valence-electron chi connectivity index (χ1n) is 7.18. The van der Waals surface area contributed by atoms with E-state index in [1.807, 2.05) is 13.1 Å². The van der Waals surface area contributed by atoms with Crippen LogP contribution in [0.1, 0.15) is 32.0 Å². The summed E-state index contributed by atoms with van der Waals surface area (Å²) in [7, 11) is 1.89. The van der Waals surface area contributed by atoms with Gasteiger partial charge in [0.2, 0.25) is 0 Å². The van der Waals surface area contributed by atoms with E-state index in [4.69, 9.17) is 0 Å². The van der Waals surface area contributed by atoms with E-state index >= 15 is 0 Å². The molecule has 0 bridgehead atoms. The number of aliphatic hydroxyl groups excluding tert-OH is 1. The summed E-state index contributed by atoms with van der Waals surface area (Å²) in [6, 6.07) is 2.01. The molecule has 1 saturated heterocycles. The molecule has 0 aromatic carbocycles. The Labute approximate surface area is 115 Å². The SMILES string of the molecule is CCCc1nc(NC)cc(N2CCC(CO)CC2)n1. The van der Waals surface area contributed by atoms with E-state index in [2.05, 4.69) is 27.1 Å². The number of piperidine rings is 1. The summed E-state index contributed by atoms with van der Waals surface area (Å²) in [6.45, 7) is 4.39. The third-order valence-electron chi connectivity index (χ3n) is 3.69. The number of rotatable bonds is 5. The Hall–Kier alpha value is -1.36. The van der Waals surface area contributed by atoms with Gasteiger partial charge in [-0.1, -0.05) is 6.92 Å². The molecule has 0 unspecified atom stereocenters. The standard InChI is InChI=1S/C14H24N4O/c1-3-4-12-16-13(15-2)9-14(17-12)18-7-5-11(10-19)6-8-18/h9,11,19H,3-8,10H2,1-2H3,(H,15,16,17). The second-order valence-electron chi connectivity index (χ2n) is 5.14. The fourth-order valence-corrected chi connectivity index (χ4v) is 2.45. The van der Waals surface area contributed by atoms with E-state index in [0.29, 0.717) is 12.5 Å². The van der Waals surface area contributed by atoms with Crippen molar-refractivity contribution >= 4 is 11.6 Å². The minimum Gasteiger partial charge on any atom is -0.396 e. The minimum absolute atomic E-state index is 0.306. The molecule has 0 saturated carbocycles. The van der Waals surface area contributed by atoms with Crippen molar-refractivity contribution in [3.05, 3.63) is 11.9 Å². The number of hydrogen-bond acceptors (Lipinski definition) is 5. The van der Waals surface area contributed by atoms with Gasteiger partial charge in [-0.25, -0.2) is 9.97 Å². The van der Waals surface area contributed by atoms with E-state index < -0.39 is 0 Å². The van der Waals surface area contributed by atoms with Crippen LogP contribution in [0.5, 0.6) is 0 Å². The smallest absolute Gasteiger partial charge is 0.134 e. The third kappa shape index (κ3) is 3.56. The van der Waals surface area contributed by atoms with Crippen LogP contribution < -0.4 is 10.2 Å². The molecule has 106 valence electrons. The molecule has 1 fully saturated rings. The normalized spacial score (nSPS) is 16.7. The Morgan fingerprint density at radius 2 is 2.11 bits per heavy atom. The first-order valence-corrected chi connectivity index (χ1v) is 7.18. The van der Waals surface area contributed by atoms with Crippen LogP contribution >= 0.6 is 0 Å². The van der Waals surface area contributed by atoms with Gasteiger partial charge < -0.3 is 15.3 Å². The molecule has 5 heteroatoms. The van der Waals surface area contributed by atoms with Gasteiger partial charge in [0.1, 0.15) is 17.5 Å². The molecule has 2 N–H and O–H groups in total. The third-order valence-corrected chi connectivity index (χ3v) is 3.69. The van der Waals surface area contributed by atoms with Crippen LogP contribution in [0.3, 0.4) is 0 Å².